The first-order chi connectivity index (χ1) is 16.2. The SMILES string of the molecule is Cc1noc(C)c1-c1ccc2c3cc(C(=O)N4C[C@@H](C)O[C@@H](C)C4)ccc3n(CC(F)F)c2c1. The average Bonchev–Trinajstić information content (AvgIpc) is 3.28. The number of rotatable bonds is 4. The molecular formula is C26H27F2N3O3. The van der Waals surface area contributed by atoms with E-state index < -0.39 is 13.0 Å². The molecule has 34 heavy (non-hydrogen) atoms. The number of carbonyl (C=O) groups is 1. The fraction of sp³-hybridized carbons (Fsp3) is 0.385. The maximum Gasteiger partial charge on any atom is 0.256 e. The quantitative estimate of drug-likeness (QED) is 0.393. The number of hydrogen-bond acceptors (Lipinski definition) is 4. The molecule has 0 saturated carbocycles. The van der Waals surface area contributed by atoms with Gasteiger partial charge in [0, 0.05) is 46.0 Å². The maximum absolute atomic E-state index is 13.6. The molecule has 0 spiro atoms. The third-order valence-electron chi connectivity index (χ3n) is 6.46. The van der Waals surface area contributed by atoms with Gasteiger partial charge in [0.1, 0.15) is 5.76 Å². The number of hydrogen-bond donors (Lipinski definition) is 0. The molecule has 1 saturated heterocycles. The molecule has 0 N–H and O–H groups in total. The highest BCUT2D eigenvalue weighted by atomic mass is 19.3. The van der Waals surface area contributed by atoms with Gasteiger partial charge in [-0.3, -0.25) is 4.79 Å². The third kappa shape index (κ3) is 3.86. The second-order valence-corrected chi connectivity index (χ2v) is 9.13. The van der Waals surface area contributed by atoms with Crippen LogP contribution in [0, 0.1) is 13.8 Å². The Hall–Kier alpha value is -3.26. The molecule has 3 heterocycles. The van der Waals surface area contributed by atoms with E-state index in [1.54, 1.807) is 21.6 Å². The highest BCUT2D eigenvalue weighted by Crippen LogP contribution is 2.35. The Kier molecular flexibility index (Phi) is 5.64. The second kappa shape index (κ2) is 8.51. The fourth-order valence-electron chi connectivity index (χ4n) is 5.14. The molecule has 4 aromatic rings. The molecule has 0 aliphatic carbocycles. The third-order valence-corrected chi connectivity index (χ3v) is 6.46. The number of fused-ring (bicyclic) bond motifs is 3. The molecular weight excluding hydrogens is 440 g/mol. The monoisotopic (exact) mass is 467 g/mol. The van der Waals surface area contributed by atoms with Crippen molar-refractivity contribution in [3.63, 3.8) is 0 Å². The van der Waals surface area contributed by atoms with Gasteiger partial charge in [-0.15, -0.1) is 0 Å². The first kappa shape index (κ1) is 22.5. The van der Waals surface area contributed by atoms with Crippen molar-refractivity contribution in [1.29, 1.82) is 0 Å². The largest absolute Gasteiger partial charge is 0.372 e. The summed E-state index contributed by atoms with van der Waals surface area (Å²) in [6, 6.07) is 11.1. The summed E-state index contributed by atoms with van der Waals surface area (Å²) in [7, 11) is 0. The number of amides is 1. The Bertz CT molecular complexity index is 1360. The van der Waals surface area contributed by atoms with Crippen molar-refractivity contribution in [1.82, 2.24) is 14.6 Å². The molecule has 1 aliphatic heterocycles. The van der Waals surface area contributed by atoms with Crippen molar-refractivity contribution < 1.29 is 22.8 Å². The van der Waals surface area contributed by atoms with Gasteiger partial charge in [-0.1, -0.05) is 17.3 Å². The molecule has 0 unspecified atom stereocenters. The molecule has 2 aromatic carbocycles. The molecule has 6 nitrogen and oxygen atoms in total. The molecule has 178 valence electrons. The van der Waals surface area contributed by atoms with Gasteiger partial charge >= 0.3 is 0 Å². The van der Waals surface area contributed by atoms with E-state index in [1.807, 2.05) is 52.0 Å². The minimum Gasteiger partial charge on any atom is -0.372 e. The van der Waals surface area contributed by atoms with Crippen molar-refractivity contribution in [3.8, 4) is 11.1 Å². The summed E-state index contributed by atoms with van der Waals surface area (Å²) in [5.74, 6) is 0.598. The topological polar surface area (TPSA) is 60.5 Å². The molecule has 2 atom stereocenters. The van der Waals surface area contributed by atoms with Crippen molar-refractivity contribution in [3.05, 3.63) is 53.4 Å². The standard InChI is InChI=1S/C26H27F2N3O3/c1-14-11-30(12-15(2)33-14)26(32)19-6-8-22-21(9-19)20-7-5-18(25-16(3)29-34-17(25)4)10-23(20)31(22)13-24(27)28/h5-10,14-15,24H,11-13H2,1-4H3/t14-,15+. The van der Waals surface area contributed by atoms with E-state index in [1.165, 1.54) is 0 Å². The van der Waals surface area contributed by atoms with Gasteiger partial charge in [0.25, 0.3) is 12.3 Å². The molecule has 5 rings (SSSR count). The summed E-state index contributed by atoms with van der Waals surface area (Å²) in [4.78, 5) is 15.1. The van der Waals surface area contributed by atoms with Crippen LogP contribution < -0.4 is 0 Å². The Labute approximate surface area is 196 Å². The van der Waals surface area contributed by atoms with E-state index in [0.29, 0.717) is 35.4 Å². The number of aromatic nitrogens is 2. The van der Waals surface area contributed by atoms with Crippen LogP contribution in [0.25, 0.3) is 32.9 Å². The lowest BCUT2D eigenvalue weighted by atomic mass is 10.0. The Morgan fingerprint density at radius 2 is 1.79 bits per heavy atom. The molecule has 1 aliphatic rings. The number of carbonyl (C=O) groups excluding carboxylic acids is 1. The summed E-state index contributed by atoms with van der Waals surface area (Å²) in [6.45, 7) is 8.21. The van der Waals surface area contributed by atoms with Gasteiger partial charge in [0.15, 0.2) is 0 Å². The maximum atomic E-state index is 13.6. The van der Waals surface area contributed by atoms with Gasteiger partial charge in [0.2, 0.25) is 0 Å². The number of halogens is 2. The highest BCUT2D eigenvalue weighted by molar-refractivity contribution is 6.11. The number of aryl methyl sites for hydroxylation is 2. The normalized spacial score (nSPS) is 19.0. The van der Waals surface area contributed by atoms with E-state index in [0.717, 1.165) is 27.6 Å². The van der Waals surface area contributed by atoms with Gasteiger partial charge in [-0.05, 0) is 57.5 Å². The van der Waals surface area contributed by atoms with E-state index in [9.17, 15) is 13.6 Å². The number of ether oxygens (including phenoxy) is 1. The second-order valence-electron chi connectivity index (χ2n) is 9.13. The van der Waals surface area contributed by atoms with Crippen molar-refractivity contribution >= 4 is 27.7 Å². The van der Waals surface area contributed by atoms with E-state index >= 15 is 0 Å². The lowest BCUT2D eigenvalue weighted by Crippen LogP contribution is -2.48. The lowest BCUT2D eigenvalue weighted by Gasteiger charge is -2.35. The average molecular weight is 468 g/mol. The van der Waals surface area contributed by atoms with Gasteiger partial charge in [-0.25, -0.2) is 8.78 Å². The van der Waals surface area contributed by atoms with Crippen LogP contribution in [0.1, 0.15) is 35.7 Å². The van der Waals surface area contributed by atoms with Crippen molar-refractivity contribution in [2.24, 2.45) is 0 Å². The van der Waals surface area contributed by atoms with Crippen LogP contribution in [0.4, 0.5) is 8.78 Å². The molecule has 1 fully saturated rings. The summed E-state index contributed by atoms with van der Waals surface area (Å²) in [5.41, 5.74) is 4.37. The van der Waals surface area contributed by atoms with E-state index in [4.69, 9.17) is 9.26 Å². The van der Waals surface area contributed by atoms with Crippen LogP contribution in [0.5, 0.6) is 0 Å². The van der Waals surface area contributed by atoms with E-state index in [2.05, 4.69) is 5.16 Å². The zero-order chi connectivity index (χ0) is 24.1. The lowest BCUT2D eigenvalue weighted by molar-refractivity contribution is -0.0586. The molecule has 2 aromatic heterocycles. The smallest absolute Gasteiger partial charge is 0.256 e. The van der Waals surface area contributed by atoms with Gasteiger partial charge in [-0.2, -0.15) is 0 Å². The Morgan fingerprint density at radius 1 is 1.06 bits per heavy atom. The first-order valence-corrected chi connectivity index (χ1v) is 11.4. The summed E-state index contributed by atoms with van der Waals surface area (Å²) < 4.78 is 39.8. The predicted octanol–water partition coefficient (Wildman–Crippen LogP) is 5.58. The zero-order valence-electron chi connectivity index (χ0n) is 19.6. The minimum absolute atomic E-state index is 0.0351. The van der Waals surface area contributed by atoms with E-state index in [-0.39, 0.29) is 18.1 Å². The van der Waals surface area contributed by atoms with Crippen LogP contribution in [0.3, 0.4) is 0 Å². The number of morpholine rings is 1. The van der Waals surface area contributed by atoms with Crippen LogP contribution in [0.15, 0.2) is 40.9 Å². The van der Waals surface area contributed by atoms with Crippen molar-refractivity contribution in [2.75, 3.05) is 13.1 Å². The first-order valence-electron chi connectivity index (χ1n) is 11.4. The molecule has 1 amide bonds. The van der Waals surface area contributed by atoms with Crippen molar-refractivity contribution in [2.45, 2.75) is 52.9 Å². The molecule has 8 heteroatoms. The predicted molar refractivity (Wildman–Crippen MR) is 126 cm³/mol. The van der Waals surface area contributed by atoms with Crippen LogP contribution in [-0.4, -0.2) is 52.3 Å². The minimum atomic E-state index is -2.51. The Balaban J connectivity index is 1.64. The zero-order valence-corrected chi connectivity index (χ0v) is 19.6. The number of nitrogens with zero attached hydrogens (tertiary/aromatic N) is 3. The van der Waals surface area contributed by atoms with Crippen LogP contribution >= 0.6 is 0 Å². The molecule has 0 radical (unpaired) electrons. The molecule has 0 bridgehead atoms. The fourth-order valence-corrected chi connectivity index (χ4v) is 5.14. The summed E-state index contributed by atoms with van der Waals surface area (Å²) >= 11 is 0. The van der Waals surface area contributed by atoms with Crippen LogP contribution in [-0.2, 0) is 11.3 Å². The van der Waals surface area contributed by atoms with Gasteiger partial charge < -0.3 is 18.7 Å². The van der Waals surface area contributed by atoms with Crippen LogP contribution in [0.2, 0.25) is 0 Å². The number of alkyl halides is 2. The number of benzene rings is 2. The highest BCUT2D eigenvalue weighted by Gasteiger charge is 2.27. The van der Waals surface area contributed by atoms with Gasteiger partial charge in [0.05, 0.1) is 24.4 Å². The summed E-state index contributed by atoms with van der Waals surface area (Å²) in [6.07, 6.45) is -2.58. The summed E-state index contributed by atoms with van der Waals surface area (Å²) in [5, 5.41) is 5.62. The Morgan fingerprint density at radius 3 is 2.44 bits per heavy atom.